The van der Waals surface area contributed by atoms with E-state index in [-0.39, 0.29) is 5.60 Å². The van der Waals surface area contributed by atoms with Crippen LogP contribution in [0.3, 0.4) is 0 Å². The molecular weight excluding hydrogens is 212 g/mol. The van der Waals surface area contributed by atoms with Gasteiger partial charge < -0.3 is 4.74 Å². The second-order valence-electron chi connectivity index (χ2n) is 6.54. The zero-order chi connectivity index (χ0) is 11.5. The van der Waals surface area contributed by atoms with Crippen molar-refractivity contribution in [2.75, 3.05) is 20.2 Å². The van der Waals surface area contributed by atoms with Gasteiger partial charge in [-0.05, 0) is 52.0 Å². The summed E-state index contributed by atoms with van der Waals surface area (Å²) in [6.07, 6.45) is 10.1. The lowest BCUT2D eigenvalue weighted by atomic mass is 9.77. The molecule has 0 aromatic heterocycles. The fraction of sp³-hybridized carbons (Fsp3) is 1.00. The fourth-order valence-electron chi connectivity index (χ4n) is 4.97. The molecule has 3 saturated heterocycles. The molecule has 17 heavy (non-hydrogen) atoms. The molecule has 3 heteroatoms. The molecule has 0 aromatic rings. The van der Waals surface area contributed by atoms with Crippen molar-refractivity contribution in [1.29, 1.82) is 0 Å². The number of rotatable bonds is 0. The zero-order valence-corrected chi connectivity index (χ0v) is 10.9. The highest BCUT2D eigenvalue weighted by Gasteiger charge is 2.53. The first kappa shape index (κ1) is 10.8. The van der Waals surface area contributed by atoms with Crippen LogP contribution < -0.4 is 0 Å². The van der Waals surface area contributed by atoms with Gasteiger partial charge >= 0.3 is 0 Å². The van der Waals surface area contributed by atoms with Gasteiger partial charge in [-0.2, -0.15) is 0 Å². The van der Waals surface area contributed by atoms with Crippen molar-refractivity contribution in [2.45, 2.75) is 68.8 Å². The second-order valence-corrected chi connectivity index (χ2v) is 6.54. The van der Waals surface area contributed by atoms with Gasteiger partial charge in [0, 0.05) is 25.2 Å². The van der Waals surface area contributed by atoms with Crippen LogP contribution in [0.15, 0.2) is 0 Å². The quantitative estimate of drug-likeness (QED) is 0.638. The Labute approximate surface area is 104 Å². The Morgan fingerprint density at radius 2 is 2.06 bits per heavy atom. The van der Waals surface area contributed by atoms with E-state index in [2.05, 4.69) is 16.8 Å². The first-order valence-electron chi connectivity index (χ1n) is 7.41. The van der Waals surface area contributed by atoms with Gasteiger partial charge in [0.15, 0.2) is 0 Å². The average Bonchev–Trinajstić information content (AvgIpc) is 3.00. The van der Waals surface area contributed by atoms with E-state index in [4.69, 9.17) is 4.74 Å². The minimum Gasteiger partial charge on any atom is -0.375 e. The maximum atomic E-state index is 6.13. The van der Waals surface area contributed by atoms with Crippen LogP contribution in [0.5, 0.6) is 0 Å². The van der Waals surface area contributed by atoms with Crippen LogP contribution in [0, 0.1) is 0 Å². The Hall–Kier alpha value is -0.120. The summed E-state index contributed by atoms with van der Waals surface area (Å²) in [5.74, 6) is 0. The van der Waals surface area contributed by atoms with Gasteiger partial charge in [-0.3, -0.25) is 9.80 Å². The second kappa shape index (κ2) is 3.69. The van der Waals surface area contributed by atoms with Gasteiger partial charge in [-0.15, -0.1) is 0 Å². The first-order chi connectivity index (χ1) is 8.29. The summed E-state index contributed by atoms with van der Waals surface area (Å²) >= 11 is 0. The third-order valence-electron chi connectivity index (χ3n) is 5.79. The molecule has 0 aromatic carbocycles. The number of hydrogen-bond acceptors (Lipinski definition) is 3. The normalized spacial score (nSPS) is 51.0. The summed E-state index contributed by atoms with van der Waals surface area (Å²) in [6, 6.07) is 1.61. The van der Waals surface area contributed by atoms with Crippen LogP contribution in [0.1, 0.15) is 44.9 Å². The zero-order valence-electron chi connectivity index (χ0n) is 10.9. The third-order valence-corrected chi connectivity index (χ3v) is 5.79. The van der Waals surface area contributed by atoms with Crippen LogP contribution in [-0.4, -0.2) is 53.8 Å². The molecule has 0 radical (unpaired) electrons. The summed E-state index contributed by atoms with van der Waals surface area (Å²) in [4.78, 5) is 5.45. The lowest BCUT2D eigenvalue weighted by molar-refractivity contribution is -0.0490. The van der Waals surface area contributed by atoms with Crippen molar-refractivity contribution in [3.05, 3.63) is 0 Å². The predicted octanol–water partition coefficient (Wildman–Crippen LogP) is 1.82. The van der Waals surface area contributed by atoms with Crippen molar-refractivity contribution in [3.63, 3.8) is 0 Å². The number of fused-ring (bicyclic) bond motifs is 3. The molecule has 3 heterocycles. The smallest absolute Gasteiger partial charge is 0.0699 e. The van der Waals surface area contributed by atoms with Gasteiger partial charge in [0.2, 0.25) is 0 Å². The van der Waals surface area contributed by atoms with Gasteiger partial charge in [-0.25, -0.2) is 0 Å². The Bertz CT molecular complexity index is 311. The molecular formula is C14H24N2O. The number of ether oxygens (including phenoxy) is 1. The van der Waals surface area contributed by atoms with E-state index >= 15 is 0 Å². The Morgan fingerprint density at radius 1 is 1.12 bits per heavy atom. The predicted molar refractivity (Wildman–Crippen MR) is 66.8 cm³/mol. The van der Waals surface area contributed by atoms with Gasteiger partial charge in [0.1, 0.15) is 0 Å². The van der Waals surface area contributed by atoms with E-state index in [0.717, 1.165) is 24.9 Å². The highest BCUT2D eigenvalue weighted by molar-refractivity contribution is 5.07. The molecule has 96 valence electrons. The van der Waals surface area contributed by atoms with E-state index in [9.17, 15) is 0 Å². The summed E-state index contributed by atoms with van der Waals surface area (Å²) < 4.78 is 6.13. The molecule has 1 aliphatic carbocycles. The van der Waals surface area contributed by atoms with Crippen molar-refractivity contribution < 1.29 is 4.74 Å². The maximum absolute atomic E-state index is 6.13. The van der Waals surface area contributed by atoms with Crippen molar-refractivity contribution >= 4 is 0 Å². The number of likely N-dealkylation sites (N-methyl/N-ethyl adjacent to an activating group) is 1. The molecule has 4 rings (SSSR count). The van der Waals surface area contributed by atoms with E-state index in [1.807, 2.05) is 0 Å². The standard InChI is InChI=1S/C14H24N2O/c1-15-11-5-7-14(6-3-9-17-14)10-12(11)16-8-2-4-13(15)16/h11-13H,2-10H2,1H3/t11-,12+,13+,14+/m1/s1. The topological polar surface area (TPSA) is 15.7 Å². The molecule has 0 N–H and O–H groups in total. The first-order valence-corrected chi connectivity index (χ1v) is 7.41. The van der Waals surface area contributed by atoms with Crippen LogP contribution in [0.2, 0.25) is 0 Å². The molecule has 0 amide bonds. The van der Waals surface area contributed by atoms with E-state index in [0.29, 0.717) is 0 Å². The van der Waals surface area contributed by atoms with Crippen LogP contribution >= 0.6 is 0 Å². The minimum absolute atomic E-state index is 0.277. The summed E-state index contributed by atoms with van der Waals surface area (Å²) in [5, 5.41) is 0. The molecule has 4 aliphatic rings. The summed E-state index contributed by atoms with van der Waals surface area (Å²) in [5.41, 5.74) is 0.277. The number of hydrogen-bond donors (Lipinski definition) is 0. The highest BCUT2D eigenvalue weighted by atomic mass is 16.5. The Kier molecular flexibility index (Phi) is 2.34. The average molecular weight is 236 g/mol. The molecule has 4 atom stereocenters. The molecule has 1 spiro atoms. The molecule has 1 saturated carbocycles. The van der Waals surface area contributed by atoms with Crippen LogP contribution in [0.4, 0.5) is 0 Å². The lowest BCUT2D eigenvalue weighted by Crippen LogP contribution is -2.49. The van der Waals surface area contributed by atoms with Crippen LogP contribution in [0.25, 0.3) is 0 Å². The molecule has 0 unspecified atom stereocenters. The lowest BCUT2D eigenvalue weighted by Gasteiger charge is -2.42. The fourth-order valence-corrected chi connectivity index (χ4v) is 4.97. The van der Waals surface area contributed by atoms with Crippen molar-refractivity contribution in [1.82, 2.24) is 9.80 Å². The van der Waals surface area contributed by atoms with Crippen LogP contribution in [-0.2, 0) is 4.74 Å². The molecule has 3 nitrogen and oxygen atoms in total. The Balaban J connectivity index is 1.59. The van der Waals surface area contributed by atoms with Gasteiger partial charge in [-0.1, -0.05) is 0 Å². The van der Waals surface area contributed by atoms with Gasteiger partial charge in [0.25, 0.3) is 0 Å². The van der Waals surface area contributed by atoms with Gasteiger partial charge in [0.05, 0.1) is 11.8 Å². The SMILES string of the molecule is CN1[C@@H]2CC[C@@]3(CCCO3)C[C@@H]2N2CCC[C@@H]12. The monoisotopic (exact) mass is 236 g/mol. The largest absolute Gasteiger partial charge is 0.375 e. The molecule has 4 fully saturated rings. The Morgan fingerprint density at radius 3 is 2.88 bits per heavy atom. The molecule has 0 bridgehead atoms. The highest BCUT2D eigenvalue weighted by Crippen LogP contribution is 2.47. The molecule has 3 aliphatic heterocycles. The van der Waals surface area contributed by atoms with E-state index in [1.54, 1.807) is 0 Å². The van der Waals surface area contributed by atoms with Crippen molar-refractivity contribution in [3.8, 4) is 0 Å². The third kappa shape index (κ3) is 1.45. The minimum atomic E-state index is 0.277. The number of nitrogens with zero attached hydrogens (tertiary/aromatic N) is 2. The summed E-state index contributed by atoms with van der Waals surface area (Å²) in [6.45, 7) is 2.34. The summed E-state index contributed by atoms with van der Waals surface area (Å²) in [7, 11) is 2.35. The maximum Gasteiger partial charge on any atom is 0.0699 e. The van der Waals surface area contributed by atoms with E-state index < -0.39 is 0 Å². The van der Waals surface area contributed by atoms with Crippen molar-refractivity contribution in [2.24, 2.45) is 0 Å². The van der Waals surface area contributed by atoms with E-state index in [1.165, 1.54) is 51.5 Å².